The van der Waals surface area contributed by atoms with E-state index in [9.17, 15) is 9.59 Å². The number of imidazole rings is 1. The molecule has 2 heterocycles. The van der Waals surface area contributed by atoms with Gasteiger partial charge >= 0.3 is 6.03 Å². The molecule has 0 spiro atoms. The van der Waals surface area contributed by atoms with Crippen LogP contribution in [0.25, 0.3) is 0 Å². The van der Waals surface area contributed by atoms with Gasteiger partial charge < -0.3 is 15.2 Å². The lowest BCUT2D eigenvalue weighted by Crippen LogP contribution is -2.28. The second-order valence-corrected chi connectivity index (χ2v) is 5.67. The normalized spacial score (nSPS) is 14.0. The maximum Gasteiger partial charge on any atom is 0.322 e. The Labute approximate surface area is 138 Å². The lowest BCUT2D eigenvalue weighted by atomic mass is 10.1. The van der Waals surface area contributed by atoms with E-state index in [4.69, 9.17) is 11.6 Å². The molecule has 1 aromatic heterocycles. The third-order valence-corrected chi connectivity index (χ3v) is 3.86. The zero-order chi connectivity index (χ0) is 16.4. The lowest BCUT2D eigenvalue weighted by Gasteiger charge is -2.17. The highest BCUT2D eigenvalue weighted by Crippen LogP contribution is 2.28. The number of hydrogen-bond donors (Lipinski definition) is 2. The SMILES string of the molecule is Cn1cnc(CNC(=O)c2ccc(Cl)c(N3CCNC3=O)c2)c1. The number of halogens is 1. The molecule has 0 atom stereocenters. The Morgan fingerprint density at radius 2 is 2.30 bits per heavy atom. The molecule has 7 nitrogen and oxygen atoms in total. The fourth-order valence-corrected chi connectivity index (χ4v) is 2.61. The van der Waals surface area contributed by atoms with Crippen LogP contribution in [0.15, 0.2) is 30.7 Å². The largest absolute Gasteiger partial charge is 0.346 e. The first-order valence-corrected chi connectivity index (χ1v) is 7.52. The Kier molecular flexibility index (Phi) is 4.20. The fraction of sp³-hybridized carbons (Fsp3) is 0.267. The van der Waals surface area contributed by atoms with E-state index in [1.165, 1.54) is 4.90 Å². The summed E-state index contributed by atoms with van der Waals surface area (Å²) < 4.78 is 1.81. The molecule has 0 unspecified atom stereocenters. The minimum Gasteiger partial charge on any atom is -0.346 e. The van der Waals surface area contributed by atoms with Crippen molar-refractivity contribution in [3.63, 3.8) is 0 Å². The van der Waals surface area contributed by atoms with Gasteiger partial charge in [-0.05, 0) is 18.2 Å². The molecule has 0 radical (unpaired) electrons. The number of amides is 3. The molecule has 0 aliphatic carbocycles. The van der Waals surface area contributed by atoms with Gasteiger partial charge in [-0.3, -0.25) is 9.69 Å². The molecular weight excluding hydrogens is 318 g/mol. The number of benzene rings is 1. The summed E-state index contributed by atoms with van der Waals surface area (Å²) in [6, 6.07) is 4.67. The quantitative estimate of drug-likeness (QED) is 0.890. The number of carbonyl (C=O) groups is 2. The molecule has 0 saturated carbocycles. The molecular formula is C15H16ClN5O2. The molecule has 2 N–H and O–H groups in total. The summed E-state index contributed by atoms with van der Waals surface area (Å²) in [4.78, 5) is 29.7. The standard InChI is InChI=1S/C15H16ClN5O2/c1-20-8-11(19-9-20)7-18-14(22)10-2-3-12(16)13(6-10)21-5-4-17-15(21)23/h2-3,6,8-9H,4-5,7H2,1H3,(H,17,23)(H,18,22). The number of rotatable bonds is 4. The van der Waals surface area contributed by atoms with E-state index in [1.807, 2.05) is 17.8 Å². The van der Waals surface area contributed by atoms with Crippen molar-refractivity contribution < 1.29 is 9.59 Å². The third kappa shape index (κ3) is 3.29. The first-order valence-electron chi connectivity index (χ1n) is 7.14. The average Bonchev–Trinajstić information content (AvgIpc) is 3.14. The van der Waals surface area contributed by atoms with E-state index in [1.54, 1.807) is 24.5 Å². The van der Waals surface area contributed by atoms with Gasteiger partial charge in [-0.2, -0.15) is 0 Å². The van der Waals surface area contributed by atoms with Gasteiger partial charge in [0.1, 0.15) is 0 Å². The number of nitrogens with zero attached hydrogens (tertiary/aromatic N) is 3. The van der Waals surface area contributed by atoms with Gasteiger partial charge in [0.15, 0.2) is 0 Å². The summed E-state index contributed by atoms with van der Waals surface area (Å²) >= 11 is 6.16. The minimum atomic E-state index is -0.242. The first kappa shape index (κ1) is 15.4. The van der Waals surface area contributed by atoms with Crippen LogP contribution in [0.4, 0.5) is 10.5 Å². The molecule has 1 aromatic carbocycles. The predicted molar refractivity (Wildman–Crippen MR) is 86.6 cm³/mol. The van der Waals surface area contributed by atoms with Crippen molar-refractivity contribution in [3.05, 3.63) is 47.0 Å². The van der Waals surface area contributed by atoms with Gasteiger partial charge in [-0.1, -0.05) is 11.6 Å². The molecule has 3 rings (SSSR count). The van der Waals surface area contributed by atoms with Crippen LogP contribution in [0.2, 0.25) is 5.02 Å². The highest BCUT2D eigenvalue weighted by atomic mass is 35.5. The number of anilines is 1. The van der Waals surface area contributed by atoms with Gasteiger partial charge in [-0.25, -0.2) is 9.78 Å². The van der Waals surface area contributed by atoms with Crippen LogP contribution in [-0.2, 0) is 13.6 Å². The van der Waals surface area contributed by atoms with E-state index >= 15 is 0 Å². The third-order valence-electron chi connectivity index (χ3n) is 3.54. The highest BCUT2D eigenvalue weighted by Gasteiger charge is 2.24. The number of aromatic nitrogens is 2. The Morgan fingerprint density at radius 3 is 2.96 bits per heavy atom. The summed E-state index contributed by atoms with van der Waals surface area (Å²) in [7, 11) is 1.87. The molecule has 1 fully saturated rings. The van der Waals surface area contributed by atoms with Crippen molar-refractivity contribution in [2.45, 2.75) is 6.54 Å². The molecule has 3 amide bonds. The lowest BCUT2D eigenvalue weighted by molar-refractivity contribution is 0.0950. The van der Waals surface area contributed by atoms with E-state index in [2.05, 4.69) is 15.6 Å². The summed E-state index contributed by atoms with van der Waals surface area (Å²) in [6.45, 7) is 1.42. The Bertz CT molecular complexity index is 758. The number of hydrogen-bond acceptors (Lipinski definition) is 3. The van der Waals surface area contributed by atoms with E-state index in [-0.39, 0.29) is 11.9 Å². The predicted octanol–water partition coefficient (Wildman–Crippen LogP) is 1.53. The molecule has 0 bridgehead atoms. The zero-order valence-corrected chi connectivity index (χ0v) is 13.3. The van der Waals surface area contributed by atoms with Gasteiger partial charge in [0.25, 0.3) is 5.91 Å². The topological polar surface area (TPSA) is 79.3 Å². The zero-order valence-electron chi connectivity index (χ0n) is 12.5. The van der Waals surface area contributed by atoms with Crippen molar-refractivity contribution in [2.24, 2.45) is 7.05 Å². The van der Waals surface area contributed by atoms with Crippen LogP contribution in [0.1, 0.15) is 16.1 Å². The first-order chi connectivity index (χ1) is 11.0. The van der Waals surface area contributed by atoms with Crippen molar-refractivity contribution >= 4 is 29.2 Å². The van der Waals surface area contributed by atoms with Gasteiger partial charge in [0, 0.05) is 31.9 Å². The number of aryl methyl sites for hydroxylation is 1. The Morgan fingerprint density at radius 1 is 1.48 bits per heavy atom. The van der Waals surface area contributed by atoms with Crippen LogP contribution in [0, 0.1) is 0 Å². The molecule has 1 aliphatic rings. The van der Waals surface area contributed by atoms with Gasteiger partial charge in [-0.15, -0.1) is 0 Å². The molecule has 120 valence electrons. The molecule has 8 heteroatoms. The minimum absolute atomic E-state index is 0.210. The maximum atomic E-state index is 12.3. The van der Waals surface area contributed by atoms with E-state index in [0.717, 1.165) is 5.69 Å². The average molecular weight is 334 g/mol. The van der Waals surface area contributed by atoms with E-state index in [0.29, 0.717) is 35.9 Å². The van der Waals surface area contributed by atoms with Crippen LogP contribution in [0.5, 0.6) is 0 Å². The second-order valence-electron chi connectivity index (χ2n) is 5.26. The summed E-state index contributed by atoms with van der Waals surface area (Å²) in [5, 5.41) is 5.94. The fourth-order valence-electron chi connectivity index (χ4n) is 2.39. The van der Waals surface area contributed by atoms with Crippen molar-refractivity contribution in [1.82, 2.24) is 20.2 Å². The van der Waals surface area contributed by atoms with Crippen LogP contribution >= 0.6 is 11.6 Å². The van der Waals surface area contributed by atoms with Crippen molar-refractivity contribution in [2.75, 3.05) is 18.0 Å². The van der Waals surface area contributed by atoms with Crippen LogP contribution < -0.4 is 15.5 Å². The van der Waals surface area contributed by atoms with Crippen molar-refractivity contribution in [3.8, 4) is 0 Å². The molecule has 2 aromatic rings. The second kappa shape index (κ2) is 6.29. The van der Waals surface area contributed by atoms with Gasteiger partial charge in [0.05, 0.1) is 29.3 Å². The smallest absolute Gasteiger partial charge is 0.322 e. The number of carbonyl (C=O) groups excluding carboxylic acids is 2. The number of nitrogens with one attached hydrogen (secondary N) is 2. The Hall–Kier alpha value is -2.54. The Balaban J connectivity index is 1.74. The van der Waals surface area contributed by atoms with E-state index < -0.39 is 0 Å². The monoisotopic (exact) mass is 333 g/mol. The van der Waals surface area contributed by atoms with Gasteiger partial charge in [0.2, 0.25) is 0 Å². The van der Waals surface area contributed by atoms with Crippen LogP contribution in [0.3, 0.4) is 0 Å². The number of urea groups is 1. The highest BCUT2D eigenvalue weighted by molar-refractivity contribution is 6.34. The summed E-state index contributed by atoms with van der Waals surface area (Å²) in [6.07, 6.45) is 3.51. The van der Waals surface area contributed by atoms with Crippen molar-refractivity contribution in [1.29, 1.82) is 0 Å². The molecule has 1 saturated heterocycles. The molecule has 23 heavy (non-hydrogen) atoms. The van der Waals surface area contributed by atoms with Crippen LogP contribution in [-0.4, -0.2) is 34.6 Å². The summed E-state index contributed by atoms with van der Waals surface area (Å²) in [5.41, 5.74) is 1.75. The summed E-state index contributed by atoms with van der Waals surface area (Å²) in [5.74, 6) is -0.242. The molecule has 1 aliphatic heterocycles. The maximum absolute atomic E-state index is 12.3.